The third kappa shape index (κ3) is 6.39. The lowest BCUT2D eigenvalue weighted by Gasteiger charge is -2.28. The largest absolute Gasteiger partial charge is 1.00 e. The summed E-state index contributed by atoms with van der Waals surface area (Å²) in [5.41, 5.74) is 3.14. The van der Waals surface area contributed by atoms with Crippen molar-refractivity contribution < 1.29 is 43.3 Å². The Balaban J connectivity index is 0.00000162. The summed E-state index contributed by atoms with van der Waals surface area (Å²) in [7, 11) is 6.84. The predicted molar refractivity (Wildman–Crippen MR) is 72.1 cm³/mol. The molecule has 4 heteroatoms. The molecule has 0 radical (unpaired) electrons. The average Bonchev–Trinajstić information content (AvgIpc) is 2.27. The minimum absolute atomic E-state index is 0. The summed E-state index contributed by atoms with van der Waals surface area (Å²) in [6, 6.07) is 8.93. The molecule has 0 aromatic heterocycles. The maximum absolute atomic E-state index is 2.30. The summed E-state index contributed by atoms with van der Waals surface area (Å²) in [6.45, 7) is 5.15. The van der Waals surface area contributed by atoms with Crippen molar-refractivity contribution in [3.8, 4) is 0 Å². The fraction of sp³-hybridized carbons (Fsp3) is 0.600. The maximum Gasteiger partial charge on any atom is 0.103 e. The summed E-state index contributed by atoms with van der Waals surface area (Å²) in [5, 5.41) is 0. The smallest absolute Gasteiger partial charge is 0.103 e. The number of benzene rings is 1. The highest BCUT2D eigenvalue weighted by Crippen LogP contribution is 2.10. The first-order valence-electron chi connectivity index (χ1n) is 6.75. The lowest BCUT2D eigenvalue weighted by atomic mass is 10.00. The summed E-state index contributed by atoms with van der Waals surface area (Å²) in [5.74, 6) is 0. The van der Waals surface area contributed by atoms with E-state index >= 15 is 0 Å². The van der Waals surface area contributed by atoms with Gasteiger partial charge < -0.3 is 43.3 Å². The van der Waals surface area contributed by atoms with Gasteiger partial charge in [-0.1, -0.05) is 24.3 Å². The second-order valence-electron chi connectivity index (χ2n) is 6.31. The Morgan fingerprint density at radius 2 is 1.68 bits per heavy atom. The van der Waals surface area contributed by atoms with E-state index in [0.717, 1.165) is 4.48 Å². The predicted octanol–water partition coefficient (Wildman–Crippen LogP) is -5.27. The average molecular weight is 394 g/mol. The SMILES string of the molecule is C[N+](C)(C)CCC[NH+]1CCc2ccccc2C1.[Br-].[Br-]. The summed E-state index contributed by atoms with van der Waals surface area (Å²) >= 11 is 0. The topological polar surface area (TPSA) is 4.44 Å². The van der Waals surface area contributed by atoms with Crippen LogP contribution in [0, 0.1) is 0 Å². The highest BCUT2D eigenvalue weighted by molar-refractivity contribution is 5.27. The van der Waals surface area contributed by atoms with Gasteiger partial charge in [-0.05, 0) is 5.56 Å². The van der Waals surface area contributed by atoms with Crippen LogP contribution in [-0.2, 0) is 13.0 Å². The third-order valence-corrected chi connectivity index (χ3v) is 3.67. The second kappa shape index (κ2) is 8.40. The Kier molecular flexibility index (Phi) is 8.45. The number of quaternary nitrogens is 2. The summed E-state index contributed by atoms with van der Waals surface area (Å²) in [4.78, 5) is 1.76. The van der Waals surface area contributed by atoms with Crippen molar-refractivity contribution in [2.75, 3.05) is 40.8 Å². The first-order chi connectivity index (χ1) is 8.04. The van der Waals surface area contributed by atoms with Crippen molar-refractivity contribution in [1.82, 2.24) is 0 Å². The minimum Gasteiger partial charge on any atom is -1.00 e. The molecule has 0 amide bonds. The van der Waals surface area contributed by atoms with Crippen molar-refractivity contribution in [3.05, 3.63) is 35.4 Å². The zero-order valence-corrected chi connectivity index (χ0v) is 15.4. The molecule has 0 saturated carbocycles. The van der Waals surface area contributed by atoms with E-state index in [1.165, 1.54) is 39.0 Å². The molecule has 1 heterocycles. The van der Waals surface area contributed by atoms with Gasteiger partial charge in [0, 0.05) is 18.4 Å². The summed E-state index contributed by atoms with van der Waals surface area (Å²) < 4.78 is 1.09. The Hall–Kier alpha value is 0.1000. The van der Waals surface area contributed by atoms with Crippen LogP contribution >= 0.6 is 0 Å². The third-order valence-electron chi connectivity index (χ3n) is 3.67. The molecule has 1 aliphatic rings. The molecule has 0 aliphatic carbocycles. The van der Waals surface area contributed by atoms with Gasteiger partial charge in [0.25, 0.3) is 0 Å². The quantitative estimate of drug-likeness (QED) is 0.487. The van der Waals surface area contributed by atoms with Gasteiger partial charge in [0.15, 0.2) is 0 Å². The number of fused-ring (bicyclic) bond motifs is 1. The number of hydrogen-bond acceptors (Lipinski definition) is 0. The molecule has 1 aromatic rings. The first kappa shape index (κ1) is 19.1. The molecule has 1 atom stereocenters. The summed E-state index contributed by atoms with van der Waals surface area (Å²) in [6.07, 6.45) is 2.59. The van der Waals surface area contributed by atoms with Gasteiger partial charge in [-0.15, -0.1) is 0 Å². The van der Waals surface area contributed by atoms with E-state index < -0.39 is 0 Å². The molecule has 1 aromatic carbocycles. The van der Waals surface area contributed by atoms with Crippen molar-refractivity contribution in [2.45, 2.75) is 19.4 Å². The van der Waals surface area contributed by atoms with Crippen molar-refractivity contribution in [3.63, 3.8) is 0 Å². The van der Waals surface area contributed by atoms with Gasteiger partial charge in [-0.2, -0.15) is 0 Å². The van der Waals surface area contributed by atoms with Crippen LogP contribution in [0.4, 0.5) is 0 Å². The van der Waals surface area contributed by atoms with Gasteiger partial charge in [0.05, 0.1) is 40.8 Å². The lowest BCUT2D eigenvalue weighted by molar-refractivity contribution is -0.923. The fourth-order valence-electron chi connectivity index (χ4n) is 2.66. The van der Waals surface area contributed by atoms with E-state index in [1.807, 2.05) is 0 Å². The molecular formula is C15H26Br2N2. The molecule has 0 bridgehead atoms. The van der Waals surface area contributed by atoms with Gasteiger partial charge in [0.1, 0.15) is 6.54 Å². The van der Waals surface area contributed by atoms with Crippen LogP contribution in [-0.4, -0.2) is 45.3 Å². The van der Waals surface area contributed by atoms with Crippen molar-refractivity contribution in [2.24, 2.45) is 0 Å². The van der Waals surface area contributed by atoms with Crippen LogP contribution < -0.4 is 38.9 Å². The fourth-order valence-corrected chi connectivity index (χ4v) is 2.66. The van der Waals surface area contributed by atoms with E-state index in [4.69, 9.17) is 0 Å². The highest BCUT2D eigenvalue weighted by Gasteiger charge is 2.19. The number of nitrogens with zero attached hydrogens (tertiary/aromatic N) is 1. The highest BCUT2D eigenvalue weighted by atomic mass is 79.9. The molecule has 0 fully saturated rings. The van der Waals surface area contributed by atoms with Crippen LogP contribution in [0.3, 0.4) is 0 Å². The van der Waals surface area contributed by atoms with Crippen LogP contribution in [0.5, 0.6) is 0 Å². The molecule has 19 heavy (non-hydrogen) atoms. The molecule has 1 aliphatic heterocycles. The standard InChI is InChI=1S/C15H25N2.2BrH/c1-17(2,3)12-6-10-16-11-9-14-7-4-5-8-15(14)13-16;;/h4-5,7-8H,6,9-13H2,1-3H3;2*1H/q+1;;/p-1. The van der Waals surface area contributed by atoms with Crippen LogP contribution in [0.2, 0.25) is 0 Å². The monoisotopic (exact) mass is 392 g/mol. The van der Waals surface area contributed by atoms with Gasteiger partial charge in [-0.3, -0.25) is 0 Å². The number of rotatable bonds is 4. The van der Waals surface area contributed by atoms with Crippen LogP contribution in [0.25, 0.3) is 0 Å². The van der Waals surface area contributed by atoms with E-state index in [2.05, 4.69) is 45.4 Å². The molecule has 1 N–H and O–H groups in total. The van der Waals surface area contributed by atoms with E-state index in [9.17, 15) is 0 Å². The Bertz CT molecular complexity index is 375. The zero-order valence-electron chi connectivity index (χ0n) is 12.3. The Morgan fingerprint density at radius 3 is 2.32 bits per heavy atom. The Labute approximate surface area is 138 Å². The molecule has 110 valence electrons. The number of halogens is 2. The number of hydrogen-bond donors (Lipinski definition) is 1. The normalized spacial score (nSPS) is 17.9. The van der Waals surface area contributed by atoms with Crippen molar-refractivity contribution in [1.29, 1.82) is 0 Å². The van der Waals surface area contributed by atoms with Gasteiger partial charge in [-0.25, -0.2) is 0 Å². The molecule has 2 rings (SSSR count). The van der Waals surface area contributed by atoms with E-state index in [1.54, 1.807) is 16.0 Å². The van der Waals surface area contributed by atoms with Gasteiger partial charge >= 0.3 is 0 Å². The minimum atomic E-state index is 0. The van der Waals surface area contributed by atoms with Crippen LogP contribution in [0.15, 0.2) is 24.3 Å². The molecule has 2 nitrogen and oxygen atoms in total. The first-order valence-corrected chi connectivity index (χ1v) is 6.75. The number of nitrogens with one attached hydrogen (secondary N) is 1. The van der Waals surface area contributed by atoms with E-state index in [-0.39, 0.29) is 34.0 Å². The maximum atomic E-state index is 2.30. The van der Waals surface area contributed by atoms with Crippen LogP contribution in [0.1, 0.15) is 17.5 Å². The van der Waals surface area contributed by atoms with Crippen molar-refractivity contribution >= 4 is 0 Å². The second-order valence-corrected chi connectivity index (χ2v) is 6.31. The molecular weight excluding hydrogens is 368 g/mol. The lowest BCUT2D eigenvalue weighted by Crippen LogP contribution is -3.11. The molecule has 0 saturated heterocycles. The zero-order chi connectivity index (χ0) is 12.3. The van der Waals surface area contributed by atoms with Gasteiger partial charge in [0.2, 0.25) is 0 Å². The Morgan fingerprint density at radius 1 is 1.05 bits per heavy atom. The van der Waals surface area contributed by atoms with E-state index in [0.29, 0.717) is 0 Å². The molecule has 1 unspecified atom stereocenters. The molecule has 0 spiro atoms.